The molecule has 1 N–H and O–H groups in total. The number of hydrogen-bond donors (Lipinski definition) is 1. The lowest BCUT2D eigenvalue weighted by Crippen LogP contribution is -2.00. The Labute approximate surface area is 76.1 Å². The molecule has 0 radical (unpaired) electrons. The van der Waals surface area contributed by atoms with E-state index in [2.05, 4.69) is 4.52 Å². The number of benzene rings is 1. The molecule has 68 valence electrons. The third kappa shape index (κ3) is 3.03. The van der Waals surface area contributed by atoms with Crippen LogP contribution < -0.4 is 0 Å². The zero-order valence-corrected chi connectivity index (χ0v) is 7.56. The largest absolute Gasteiger partial charge is 0.695 e. The van der Waals surface area contributed by atoms with E-state index in [1.165, 1.54) is 0 Å². The zero-order chi connectivity index (χ0) is 9.68. The predicted octanol–water partition coefficient (Wildman–Crippen LogP) is 1.59. The van der Waals surface area contributed by atoms with Gasteiger partial charge in [-0.1, -0.05) is 30.3 Å². The van der Waals surface area contributed by atoms with E-state index in [1.54, 1.807) is 30.3 Å². The molecule has 0 heterocycles. The molecule has 0 aliphatic rings. The van der Waals surface area contributed by atoms with E-state index in [1.807, 2.05) is 0 Å². The van der Waals surface area contributed by atoms with Gasteiger partial charge in [-0.25, -0.2) is 0 Å². The van der Waals surface area contributed by atoms with Crippen LogP contribution in [0.4, 0.5) is 0 Å². The third-order valence-electron chi connectivity index (χ3n) is 1.46. The van der Waals surface area contributed by atoms with Gasteiger partial charge in [0.1, 0.15) is 0 Å². The van der Waals surface area contributed by atoms with Crippen molar-refractivity contribution in [3.05, 3.63) is 35.9 Å². The van der Waals surface area contributed by atoms with Crippen LogP contribution in [0.2, 0.25) is 0 Å². The molecule has 13 heavy (non-hydrogen) atoms. The van der Waals surface area contributed by atoms with Crippen molar-refractivity contribution in [2.24, 2.45) is 0 Å². The monoisotopic (exact) mass is 199 g/mol. The molecule has 1 aromatic carbocycles. The normalized spacial score (nSPS) is 13.5. The summed E-state index contributed by atoms with van der Waals surface area (Å²) in [4.78, 5) is 18.9. The van der Waals surface area contributed by atoms with Crippen LogP contribution in [-0.2, 0) is 13.9 Å². The van der Waals surface area contributed by atoms with Gasteiger partial charge >= 0.3 is 8.25 Å². The molecule has 0 spiro atoms. The molecule has 4 nitrogen and oxygen atoms in total. The highest BCUT2D eigenvalue weighted by atomic mass is 31.1. The molecule has 0 amide bonds. The van der Waals surface area contributed by atoms with E-state index in [0.717, 1.165) is 0 Å². The highest BCUT2D eigenvalue weighted by Crippen LogP contribution is 2.26. The van der Waals surface area contributed by atoms with Crippen molar-refractivity contribution in [3.63, 3.8) is 0 Å². The second-order valence-electron chi connectivity index (χ2n) is 2.31. The topological polar surface area (TPSA) is 63.6 Å². The van der Waals surface area contributed by atoms with Gasteiger partial charge in [-0.3, -0.25) is 4.79 Å². The van der Waals surface area contributed by atoms with Gasteiger partial charge < -0.3 is 0 Å². The minimum absolute atomic E-state index is 0.485. The van der Waals surface area contributed by atoms with Gasteiger partial charge in [-0.2, -0.15) is 0 Å². The first kappa shape index (κ1) is 9.99. The summed E-state index contributed by atoms with van der Waals surface area (Å²) in [6.45, 7) is 0. The SMILES string of the molecule is O=CC(O[P+](=O)O)c1ccccc1. The van der Waals surface area contributed by atoms with Crippen molar-refractivity contribution >= 4 is 14.5 Å². The molecule has 0 fully saturated rings. The summed E-state index contributed by atoms with van der Waals surface area (Å²) < 4.78 is 14.8. The summed E-state index contributed by atoms with van der Waals surface area (Å²) in [5.41, 5.74) is 0.565. The molecule has 0 saturated heterocycles. The maximum Gasteiger partial charge on any atom is 0.695 e. The van der Waals surface area contributed by atoms with Crippen molar-refractivity contribution < 1.29 is 18.8 Å². The lowest BCUT2D eigenvalue weighted by molar-refractivity contribution is -0.114. The molecule has 5 heteroatoms. The van der Waals surface area contributed by atoms with Crippen LogP contribution >= 0.6 is 8.25 Å². The van der Waals surface area contributed by atoms with Crippen LogP contribution in [0.25, 0.3) is 0 Å². The minimum Gasteiger partial charge on any atom is -0.300 e. The average Bonchev–Trinajstić information content (AvgIpc) is 2.15. The maximum absolute atomic E-state index is 10.5. The number of aldehydes is 1. The van der Waals surface area contributed by atoms with Crippen molar-refractivity contribution in [2.45, 2.75) is 6.10 Å². The van der Waals surface area contributed by atoms with Crippen LogP contribution in [0.3, 0.4) is 0 Å². The van der Waals surface area contributed by atoms with Crippen molar-refractivity contribution in [1.82, 2.24) is 0 Å². The van der Waals surface area contributed by atoms with Crippen molar-refractivity contribution in [1.29, 1.82) is 0 Å². The van der Waals surface area contributed by atoms with Crippen LogP contribution in [0.5, 0.6) is 0 Å². The van der Waals surface area contributed by atoms with E-state index in [9.17, 15) is 9.36 Å². The molecule has 0 aliphatic heterocycles. The lowest BCUT2D eigenvalue weighted by Gasteiger charge is -2.00. The van der Waals surface area contributed by atoms with Gasteiger partial charge in [-0.05, 0) is 5.56 Å². The Balaban J connectivity index is 2.78. The fourth-order valence-electron chi connectivity index (χ4n) is 0.904. The quantitative estimate of drug-likeness (QED) is 0.590. The predicted molar refractivity (Wildman–Crippen MR) is 46.2 cm³/mol. The Bertz CT molecular complexity index is 298. The van der Waals surface area contributed by atoms with Crippen LogP contribution in [0, 0.1) is 0 Å². The molecule has 0 aliphatic carbocycles. The first-order chi connectivity index (χ1) is 6.24. The summed E-state index contributed by atoms with van der Waals surface area (Å²) in [6, 6.07) is 8.53. The molecule has 1 rings (SSSR count). The Kier molecular flexibility index (Phi) is 3.71. The Morgan fingerprint density at radius 2 is 2.00 bits per heavy atom. The lowest BCUT2D eigenvalue weighted by atomic mass is 10.1. The van der Waals surface area contributed by atoms with E-state index in [-0.39, 0.29) is 0 Å². The van der Waals surface area contributed by atoms with Crippen LogP contribution in [-0.4, -0.2) is 11.2 Å². The molecule has 0 saturated carbocycles. The highest BCUT2D eigenvalue weighted by molar-refractivity contribution is 7.32. The highest BCUT2D eigenvalue weighted by Gasteiger charge is 2.23. The van der Waals surface area contributed by atoms with Crippen molar-refractivity contribution in [2.75, 3.05) is 0 Å². The standard InChI is InChI=1S/C8H7O4P/c9-6-8(12-13(10)11)7-4-2-1-3-5-7/h1-6,8H/p+1. The van der Waals surface area contributed by atoms with Gasteiger partial charge in [-0.15, -0.1) is 9.42 Å². The second-order valence-corrected chi connectivity index (χ2v) is 3.00. The maximum atomic E-state index is 10.5. The number of carbonyl (C=O) groups is 1. The molecule has 0 aromatic heterocycles. The van der Waals surface area contributed by atoms with Gasteiger partial charge in [0, 0.05) is 4.57 Å². The summed E-state index contributed by atoms with van der Waals surface area (Å²) in [5.74, 6) is 0. The number of carbonyl (C=O) groups excluding carboxylic acids is 1. The minimum atomic E-state index is -2.75. The Hall–Kier alpha value is -1.09. The zero-order valence-electron chi connectivity index (χ0n) is 6.66. The second kappa shape index (κ2) is 4.82. The van der Waals surface area contributed by atoms with Gasteiger partial charge in [0.2, 0.25) is 0 Å². The number of hydrogen-bond acceptors (Lipinski definition) is 3. The molecule has 2 atom stereocenters. The molecule has 0 bridgehead atoms. The summed E-state index contributed by atoms with van der Waals surface area (Å²) in [6.07, 6.45) is -0.478. The molecule has 1 aromatic rings. The van der Waals surface area contributed by atoms with E-state index in [0.29, 0.717) is 11.8 Å². The third-order valence-corrected chi connectivity index (χ3v) is 1.86. The molecular weight excluding hydrogens is 191 g/mol. The van der Waals surface area contributed by atoms with Gasteiger partial charge in [0.15, 0.2) is 12.4 Å². The van der Waals surface area contributed by atoms with E-state index >= 15 is 0 Å². The number of rotatable bonds is 4. The van der Waals surface area contributed by atoms with Gasteiger partial charge in [0.05, 0.1) is 0 Å². The van der Waals surface area contributed by atoms with Crippen molar-refractivity contribution in [3.8, 4) is 0 Å². The fourth-order valence-corrected chi connectivity index (χ4v) is 1.27. The van der Waals surface area contributed by atoms with E-state index < -0.39 is 14.4 Å². The first-order valence-electron chi connectivity index (χ1n) is 3.57. The summed E-state index contributed by atoms with van der Waals surface area (Å²) in [5, 5.41) is 0. The van der Waals surface area contributed by atoms with Crippen LogP contribution in [0.1, 0.15) is 11.7 Å². The summed E-state index contributed by atoms with van der Waals surface area (Å²) >= 11 is 0. The first-order valence-corrected chi connectivity index (χ1v) is 4.70. The van der Waals surface area contributed by atoms with Gasteiger partial charge in [0.25, 0.3) is 0 Å². The van der Waals surface area contributed by atoms with E-state index in [4.69, 9.17) is 4.89 Å². The Morgan fingerprint density at radius 1 is 1.38 bits per heavy atom. The smallest absolute Gasteiger partial charge is 0.300 e. The summed E-state index contributed by atoms with van der Waals surface area (Å²) in [7, 11) is -2.75. The van der Waals surface area contributed by atoms with Crippen LogP contribution in [0.15, 0.2) is 30.3 Å². The molecule has 2 unspecified atom stereocenters. The molecular formula is C8H8O4P+. The average molecular weight is 199 g/mol. The Morgan fingerprint density at radius 3 is 2.46 bits per heavy atom. The fraction of sp³-hybridized carbons (Fsp3) is 0.125.